The van der Waals surface area contributed by atoms with Gasteiger partial charge in [0.15, 0.2) is 5.78 Å². The fourth-order valence-electron chi connectivity index (χ4n) is 2.12. The maximum Gasteiger partial charge on any atom is 0.328 e. The summed E-state index contributed by atoms with van der Waals surface area (Å²) < 4.78 is 10.5. The Morgan fingerprint density at radius 1 is 1.24 bits per heavy atom. The number of rotatable bonds is 7. The van der Waals surface area contributed by atoms with Gasteiger partial charge in [0.25, 0.3) is 5.91 Å². The van der Waals surface area contributed by atoms with Gasteiger partial charge in [-0.1, -0.05) is 6.07 Å². The van der Waals surface area contributed by atoms with E-state index in [0.29, 0.717) is 21.8 Å². The van der Waals surface area contributed by atoms with Crippen molar-refractivity contribution in [2.75, 3.05) is 7.11 Å². The lowest BCUT2D eigenvalue weighted by Crippen LogP contribution is -2.39. The summed E-state index contributed by atoms with van der Waals surface area (Å²) in [5, 5.41) is 4.37. The molecule has 0 unspecified atom stereocenters. The van der Waals surface area contributed by atoms with E-state index in [-0.39, 0.29) is 18.3 Å². The van der Waals surface area contributed by atoms with Crippen molar-refractivity contribution in [3.8, 4) is 5.75 Å². The molecule has 2 aromatic rings. The van der Waals surface area contributed by atoms with Gasteiger partial charge in [0.1, 0.15) is 18.4 Å². The van der Waals surface area contributed by atoms with Crippen LogP contribution in [-0.4, -0.2) is 30.8 Å². The van der Waals surface area contributed by atoms with E-state index in [1.807, 2.05) is 0 Å². The fraction of sp³-hybridized carbons (Fsp3) is 0.278. The monoisotopic (exact) mass is 361 g/mol. The number of hydrogen-bond donors (Lipinski definition) is 1. The number of ether oxygens (including phenoxy) is 2. The van der Waals surface area contributed by atoms with Crippen LogP contribution in [0.1, 0.15) is 39.4 Å². The molecule has 0 fully saturated rings. The molecule has 1 N–H and O–H groups in total. The highest BCUT2D eigenvalue weighted by molar-refractivity contribution is 7.12. The number of carbonyl (C=O) groups is 3. The molecule has 1 amide bonds. The van der Waals surface area contributed by atoms with E-state index >= 15 is 0 Å². The number of ketones is 1. The summed E-state index contributed by atoms with van der Waals surface area (Å²) in [7, 11) is 1.50. The molecule has 1 aromatic carbocycles. The number of esters is 1. The van der Waals surface area contributed by atoms with E-state index in [2.05, 4.69) is 5.32 Å². The first-order valence-electron chi connectivity index (χ1n) is 7.61. The summed E-state index contributed by atoms with van der Waals surface area (Å²) in [6.07, 6.45) is 0. The number of amides is 1. The predicted octanol–water partition coefficient (Wildman–Crippen LogP) is 2.82. The van der Waals surface area contributed by atoms with Crippen molar-refractivity contribution in [1.29, 1.82) is 0 Å². The Balaban J connectivity index is 1.98. The molecule has 0 radical (unpaired) electrons. The molecule has 132 valence electrons. The van der Waals surface area contributed by atoms with Gasteiger partial charge in [-0.05, 0) is 43.5 Å². The second kappa shape index (κ2) is 8.43. The highest BCUT2D eigenvalue weighted by atomic mass is 32.1. The average Bonchev–Trinajstić information content (AvgIpc) is 3.13. The third-order valence-corrected chi connectivity index (χ3v) is 4.37. The van der Waals surface area contributed by atoms with Crippen molar-refractivity contribution in [1.82, 2.24) is 5.32 Å². The lowest BCUT2D eigenvalue weighted by molar-refractivity contribution is -0.146. The summed E-state index contributed by atoms with van der Waals surface area (Å²) in [6, 6.07) is 7.57. The topological polar surface area (TPSA) is 81.7 Å². The molecule has 0 spiro atoms. The van der Waals surface area contributed by atoms with E-state index < -0.39 is 12.0 Å². The summed E-state index contributed by atoms with van der Waals surface area (Å²) >= 11 is 1.29. The zero-order valence-corrected chi connectivity index (χ0v) is 15.0. The Morgan fingerprint density at radius 3 is 2.60 bits per heavy atom. The molecule has 1 heterocycles. The Hall–Kier alpha value is -2.67. The van der Waals surface area contributed by atoms with Crippen LogP contribution >= 0.6 is 11.3 Å². The maximum atomic E-state index is 12.1. The van der Waals surface area contributed by atoms with Gasteiger partial charge in [0.05, 0.1) is 12.0 Å². The van der Waals surface area contributed by atoms with Crippen molar-refractivity contribution < 1.29 is 23.9 Å². The maximum absolute atomic E-state index is 12.1. The second-order valence-electron chi connectivity index (χ2n) is 5.36. The highest BCUT2D eigenvalue weighted by Crippen LogP contribution is 2.21. The standard InChI is InChI=1S/C18H19NO5S/c1-11(19-17(21)16-5-4-8-25-16)18(22)24-10-14-9-13(12(2)20)6-7-15(14)23-3/h4-9,11H,10H2,1-3H3,(H,19,21)/t11-/m0/s1. The first kappa shape index (κ1) is 18.7. The summed E-state index contributed by atoms with van der Waals surface area (Å²) in [5.74, 6) is -0.462. The number of hydrogen-bond acceptors (Lipinski definition) is 6. The van der Waals surface area contributed by atoms with Gasteiger partial charge in [0, 0.05) is 11.1 Å². The summed E-state index contributed by atoms with van der Waals surface area (Å²) in [6.45, 7) is 2.96. The third-order valence-electron chi connectivity index (χ3n) is 3.50. The van der Waals surface area contributed by atoms with Crippen LogP contribution in [-0.2, 0) is 16.1 Å². The first-order valence-corrected chi connectivity index (χ1v) is 8.49. The van der Waals surface area contributed by atoms with Crippen molar-refractivity contribution in [3.05, 3.63) is 51.7 Å². The number of benzene rings is 1. The van der Waals surface area contributed by atoms with Crippen LogP contribution in [0, 0.1) is 0 Å². The number of methoxy groups -OCH3 is 1. The minimum absolute atomic E-state index is 0.0532. The summed E-state index contributed by atoms with van der Waals surface area (Å²) in [4.78, 5) is 36.1. The quantitative estimate of drug-likeness (QED) is 0.606. The molecular weight excluding hydrogens is 342 g/mol. The fourth-order valence-corrected chi connectivity index (χ4v) is 2.75. The molecule has 0 bridgehead atoms. The van der Waals surface area contributed by atoms with Crippen LogP contribution in [0.2, 0.25) is 0 Å². The minimum atomic E-state index is -0.795. The second-order valence-corrected chi connectivity index (χ2v) is 6.31. The third kappa shape index (κ3) is 4.90. The lowest BCUT2D eigenvalue weighted by atomic mass is 10.1. The van der Waals surface area contributed by atoms with Crippen molar-refractivity contribution >= 4 is 29.0 Å². The number of Topliss-reactive ketones (excluding diaryl/α,β-unsaturated/α-hetero) is 1. The van der Waals surface area contributed by atoms with E-state index in [1.54, 1.807) is 42.6 Å². The van der Waals surface area contributed by atoms with Gasteiger partial charge in [-0.3, -0.25) is 9.59 Å². The van der Waals surface area contributed by atoms with Crippen LogP contribution < -0.4 is 10.1 Å². The normalized spacial score (nSPS) is 11.5. The Bertz CT molecular complexity index is 770. The summed E-state index contributed by atoms with van der Waals surface area (Å²) in [5.41, 5.74) is 1.09. The van der Waals surface area contributed by atoms with Crippen molar-refractivity contribution in [2.45, 2.75) is 26.5 Å². The van der Waals surface area contributed by atoms with E-state index in [4.69, 9.17) is 9.47 Å². The molecule has 0 aliphatic rings. The van der Waals surface area contributed by atoms with E-state index in [9.17, 15) is 14.4 Å². The van der Waals surface area contributed by atoms with Gasteiger partial charge < -0.3 is 14.8 Å². The molecule has 1 aromatic heterocycles. The molecular formula is C18H19NO5S. The Morgan fingerprint density at radius 2 is 2.00 bits per heavy atom. The number of nitrogens with one attached hydrogen (secondary N) is 1. The zero-order chi connectivity index (χ0) is 18.4. The SMILES string of the molecule is COc1ccc(C(C)=O)cc1COC(=O)[C@H](C)NC(=O)c1cccs1. The van der Waals surface area contributed by atoms with Gasteiger partial charge in [-0.2, -0.15) is 0 Å². The predicted molar refractivity (Wildman–Crippen MR) is 94.0 cm³/mol. The molecule has 25 heavy (non-hydrogen) atoms. The molecule has 7 heteroatoms. The molecule has 6 nitrogen and oxygen atoms in total. The molecule has 2 rings (SSSR count). The lowest BCUT2D eigenvalue weighted by Gasteiger charge is -2.14. The van der Waals surface area contributed by atoms with E-state index in [0.717, 1.165) is 0 Å². The Kier molecular flexibility index (Phi) is 6.30. The van der Waals surface area contributed by atoms with Crippen molar-refractivity contribution in [2.24, 2.45) is 0 Å². The molecule has 0 aliphatic carbocycles. The van der Waals surface area contributed by atoms with Gasteiger partial charge in [-0.15, -0.1) is 11.3 Å². The number of carbonyl (C=O) groups excluding carboxylic acids is 3. The minimum Gasteiger partial charge on any atom is -0.496 e. The molecule has 0 saturated heterocycles. The largest absolute Gasteiger partial charge is 0.496 e. The molecule has 0 saturated carbocycles. The van der Waals surface area contributed by atoms with Gasteiger partial charge in [-0.25, -0.2) is 4.79 Å². The van der Waals surface area contributed by atoms with Crippen molar-refractivity contribution in [3.63, 3.8) is 0 Å². The molecule has 1 atom stereocenters. The van der Waals surface area contributed by atoms with Gasteiger partial charge >= 0.3 is 5.97 Å². The molecule has 0 aliphatic heterocycles. The van der Waals surface area contributed by atoms with Crippen LogP contribution in [0.15, 0.2) is 35.7 Å². The van der Waals surface area contributed by atoms with Crippen LogP contribution in [0.4, 0.5) is 0 Å². The van der Waals surface area contributed by atoms with E-state index in [1.165, 1.54) is 25.4 Å². The number of thiophene rings is 1. The average molecular weight is 361 g/mol. The smallest absolute Gasteiger partial charge is 0.328 e. The van der Waals surface area contributed by atoms with Crippen LogP contribution in [0.3, 0.4) is 0 Å². The first-order chi connectivity index (χ1) is 11.9. The van der Waals surface area contributed by atoms with Crippen LogP contribution in [0.5, 0.6) is 5.75 Å². The Labute approximate surface area is 149 Å². The highest BCUT2D eigenvalue weighted by Gasteiger charge is 2.19. The zero-order valence-electron chi connectivity index (χ0n) is 14.2. The van der Waals surface area contributed by atoms with Crippen LogP contribution in [0.25, 0.3) is 0 Å². The van der Waals surface area contributed by atoms with Gasteiger partial charge in [0.2, 0.25) is 0 Å².